The Labute approximate surface area is 227 Å². The van der Waals surface area contributed by atoms with Crippen molar-refractivity contribution in [2.75, 3.05) is 0 Å². The minimum absolute atomic E-state index is 0.0364. The molecule has 2 aromatic carbocycles. The van der Waals surface area contributed by atoms with E-state index in [1.54, 1.807) is 0 Å². The topological polar surface area (TPSA) is 18.5 Å². The third-order valence-electron chi connectivity index (χ3n) is 9.77. The third kappa shape index (κ3) is 5.30. The van der Waals surface area contributed by atoms with Crippen molar-refractivity contribution in [3.8, 4) is 11.8 Å². The molecule has 1 saturated carbocycles. The Morgan fingerprint density at radius 2 is 1.32 bits per heavy atom. The van der Waals surface area contributed by atoms with Gasteiger partial charge in [-0.25, -0.2) is 0 Å². The van der Waals surface area contributed by atoms with Crippen LogP contribution in [-0.4, -0.2) is 18.3 Å². The Morgan fingerprint density at radius 1 is 0.784 bits per heavy atom. The molecule has 0 bridgehead atoms. The van der Waals surface area contributed by atoms with Crippen LogP contribution in [0.2, 0.25) is 0 Å². The summed E-state index contributed by atoms with van der Waals surface area (Å²) in [4.78, 5) is 0. The first-order chi connectivity index (χ1) is 17.4. The number of hydrogen-bond acceptors (Lipinski definition) is 2. The van der Waals surface area contributed by atoms with Gasteiger partial charge < -0.3 is 9.31 Å². The smallest absolute Gasteiger partial charge is 0.399 e. The maximum absolute atomic E-state index is 6.36. The standard InChI is InChI=1S/C34H47BO2/c1-10-34(11-2,28-16-15-27(25(3)23-28)19-22-33(9)20-13-12-14-21-33)29-17-18-30(26(4)24-29)35-36-31(5,6)32(7,8)37-35/h15-18,23-24H,10-14,20-21H2,1-9H3. The first kappa shape index (κ1) is 28.0. The number of hydrogen-bond donors (Lipinski definition) is 0. The van der Waals surface area contributed by atoms with Crippen LogP contribution in [0, 0.1) is 31.1 Å². The highest BCUT2D eigenvalue weighted by molar-refractivity contribution is 6.62. The second kappa shape index (κ2) is 10.3. The summed E-state index contributed by atoms with van der Waals surface area (Å²) in [5, 5.41) is 0. The molecule has 0 N–H and O–H groups in total. The van der Waals surface area contributed by atoms with Gasteiger partial charge in [0.2, 0.25) is 0 Å². The molecule has 0 atom stereocenters. The van der Waals surface area contributed by atoms with Crippen molar-refractivity contribution in [3.05, 3.63) is 64.2 Å². The van der Waals surface area contributed by atoms with Crippen LogP contribution in [-0.2, 0) is 14.7 Å². The first-order valence-electron chi connectivity index (χ1n) is 14.5. The lowest BCUT2D eigenvalue weighted by atomic mass is 9.68. The van der Waals surface area contributed by atoms with Crippen molar-refractivity contribution in [2.45, 2.75) is 124 Å². The summed E-state index contributed by atoms with van der Waals surface area (Å²) in [5.74, 6) is 7.21. The fourth-order valence-electron chi connectivity index (χ4n) is 6.22. The minimum Gasteiger partial charge on any atom is -0.399 e. The fourth-order valence-corrected chi connectivity index (χ4v) is 6.22. The molecule has 2 fully saturated rings. The van der Waals surface area contributed by atoms with Crippen LogP contribution in [0.4, 0.5) is 0 Å². The molecular weight excluding hydrogens is 451 g/mol. The van der Waals surface area contributed by atoms with E-state index in [-0.39, 0.29) is 29.2 Å². The van der Waals surface area contributed by atoms with E-state index in [0.717, 1.165) is 18.3 Å². The zero-order valence-electron chi connectivity index (χ0n) is 24.8. The summed E-state index contributed by atoms with van der Waals surface area (Å²) in [7, 11) is -0.331. The Morgan fingerprint density at radius 3 is 1.84 bits per heavy atom. The number of aryl methyl sites for hydroxylation is 2. The SMILES string of the molecule is CCC(CC)(c1ccc(C#CC2(C)CCCCC2)c(C)c1)c1ccc(B2OC(C)(C)C(C)(C)O2)c(C)c1. The first-order valence-corrected chi connectivity index (χ1v) is 14.5. The van der Waals surface area contributed by atoms with Crippen molar-refractivity contribution in [1.29, 1.82) is 0 Å². The van der Waals surface area contributed by atoms with Gasteiger partial charge in [0, 0.05) is 16.4 Å². The van der Waals surface area contributed by atoms with Gasteiger partial charge in [-0.15, -0.1) is 0 Å². The maximum Gasteiger partial charge on any atom is 0.495 e. The lowest BCUT2D eigenvalue weighted by molar-refractivity contribution is 0.00578. The van der Waals surface area contributed by atoms with Crippen molar-refractivity contribution in [2.24, 2.45) is 5.41 Å². The van der Waals surface area contributed by atoms with Crippen LogP contribution in [0.5, 0.6) is 0 Å². The van der Waals surface area contributed by atoms with Gasteiger partial charge in [-0.3, -0.25) is 0 Å². The predicted molar refractivity (Wildman–Crippen MR) is 158 cm³/mol. The van der Waals surface area contributed by atoms with Gasteiger partial charge in [0.05, 0.1) is 11.2 Å². The molecule has 0 spiro atoms. The Kier molecular flexibility index (Phi) is 7.78. The summed E-state index contributed by atoms with van der Waals surface area (Å²) >= 11 is 0. The molecular formula is C34H47BO2. The van der Waals surface area contributed by atoms with Gasteiger partial charge in [-0.1, -0.05) is 80.8 Å². The summed E-state index contributed by atoms with van der Waals surface area (Å²) in [6.45, 7) is 19.8. The highest BCUT2D eigenvalue weighted by atomic mass is 16.7. The quantitative estimate of drug-likeness (QED) is 0.307. The van der Waals surface area contributed by atoms with Crippen LogP contribution in [0.1, 0.15) is 121 Å². The van der Waals surface area contributed by atoms with Crippen molar-refractivity contribution < 1.29 is 9.31 Å². The normalized spacial score (nSPS) is 20.4. The summed E-state index contributed by atoms with van der Waals surface area (Å²) in [6, 6.07) is 13.9. The zero-order chi connectivity index (χ0) is 27.1. The van der Waals surface area contributed by atoms with E-state index in [4.69, 9.17) is 9.31 Å². The fraction of sp³-hybridized carbons (Fsp3) is 0.588. The Balaban J connectivity index is 1.65. The van der Waals surface area contributed by atoms with E-state index in [2.05, 4.69) is 111 Å². The molecule has 2 nitrogen and oxygen atoms in total. The van der Waals surface area contributed by atoms with Crippen LogP contribution in [0.15, 0.2) is 36.4 Å². The van der Waals surface area contributed by atoms with Crippen molar-refractivity contribution in [3.63, 3.8) is 0 Å². The molecule has 1 aliphatic carbocycles. The van der Waals surface area contributed by atoms with Gasteiger partial charge in [0.1, 0.15) is 0 Å². The lowest BCUT2D eigenvalue weighted by Crippen LogP contribution is -2.41. The molecule has 198 valence electrons. The summed E-state index contributed by atoms with van der Waals surface area (Å²) < 4.78 is 12.7. The average Bonchev–Trinajstić information content (AvgIpc) is 3.06. The Hall–Kier alpha value is -2.02. The monoisotopic (exact) mass is 498 g/mol. The molecule has 1 aliphatic heterocycles. The molecule has 0 aromatic heterocycles. The maximum atomic E-state index is 6.36. The molecule has 37 heavy (non-hydrogen) atoms. The highest BCUT2D eigenvalue weighted by Crippen LogP contribution is 2.41. The summed E-state index contributed by atoms with van der Waals surface area (Å²) in [5.41, 5.74) is 7.01. The van der Waals surface area contributed by atoms with Crippen LogP contribution >= 0.6 is 0 Å². The second-order valence-corrected chi connectivity index (χ2v) is 12.8. The van der Waals surface area contributed by atoms with E-state index in [1.807, 2.05) is 0 Å². The second-order valence-electron chi connectivity index (χ2n) is 12.8. The minimum atomic E-state index is -0.337. The molecule has 1 heterocycles. The van der Waals surface area contributed by atoms with Gasteiger partial charge in [0.25, 0.3) is 0 Å². The van der Waals surface area contributed by atoms with Crippen LogP contribution in [0.25, 0.3) is 0 Å². The third-order valence-corrected chi connectivity index (χ3v) is 9.77. The Bertz CT molecular complexity index is 1170. The number of rotatable bonds is 5. The molecule has 2 aliphatic rings. The van der Waals surface area contributed by atoms with E-state index in [9.17, 15) is 0 Å². The largest absolute Gasteiger partial charge is 0.495 e. The lowest BCUT2D eigenvalue weighted by Gasteiger charge is -2.34. The van der Waals surface area contributed by atoms with Gasteiger partial charge >= 0.3 is 7.12 Å². The average molecular weight is 499 g/mol. The van der Waals surface area contributed by atoms with Crippen LogP contribution < -0.4 is 5.46 Å². The van der Waals surface area contributed by atoms with Crippen molar-refractivity contribution >= 4 is 12.6 Å². The molecule has 0 amide bonds. The molecule has 2 aromatic rings. The van der Waals surface area contributed by atoms with Gasteiger partial charge in [-0.05, 0) is 102 Å². The van der Waals surface area contributed by atoms with E-state index in [1.165, 1.54) is 59.9 Å². The molecule has 0 radical (unpaired) electrons. The van der Waals surface area contributed by atoms with Gasteiger partial charge in [-0.2, -0.15) is 0 Å². The molecule has 4 rings (SSSR count). The van der Waals surface area contributed by atoms with Gasteiger partial charge in [0.15, 0.2) is 0 Å². The van der Waals surface area contributed by atoms with E-state index in [0.29, 0.717) is 0 Å². The van der Waals surface area contributed by atoms with Crippen LogP contribution in [0.3, 0.4) is 0 Å². The van der Waals surface area contributed by atoms with E-state index >= 15 is 0 Å². The molecule has 0 unspecified atom stereocenters. The number of benzene rings is 2. The molecule has 3 heteroatoms. The molecule has 1 saturated heterocycles. The predicted octanol–water partition coefficient (Wildman–Crippen LogP) is 8.03. The zero-order valence-corrected chi connectivity index (χ0v) is 24.8. The highest BCUT2D eigenvalue weighted by Gasteiger charge is 2.52. The van der Waals surface area contributed by atoms with Crippen molar-refractivity contribution in [1.82, 2.24) is 0 Å². The summed E-state index contributed by atoms with van der Waals surface area (Å²) in [6.07, 6.45) is 8.53. The van der Waals surface area contributed by atoms with E-state index < -0.39 is 0 Å².